The third-order valence-electron chi connectivity index (χ3n) is 3.71. The topological polar surface area (TPSA) is 46.6 Å². The zero-order valence-corrected chi connectivity index (χ0v) is 11.6. The molecule has 1 unspecified atom stereocenters. The molecule has 2 fully saturated rings. The van der Waals surface area contributed by atoms with Crippen LogP contribution in [-0.2, 0) is 9.53 Å². The van der Waals surface area contributed by atoms with Crippen LogP contribution in [0.5, 0.6) is 0 Å². The zero-order chi connectivity index (χ0) is 13.3. The summed E-state index contributed by atoms with van der Waals surface area (Å²) in [5.74, 6) is 1.05. The summed E-state index contributed by atoms with van der Waals surface area (Å²) in [7, 11) is 0. The quantitative estimate of drug-likeness (QED) is 0.760. The lowest BCUT2D eigenvalue weighted by Crippen LogP contribution is -2.37. The van der Waals surface area contributed by atoms with Crippen LogP contribution < -0.4 is 0 Å². The largest absolute Gasteiger partial charge is 0.443 e. The van der Waals surface area contributed by atoms with Gasteiger partial charge in [-0.2, -0.15) is 0 Å². The molecule has 0 aromatic heterocycles. The Morgan fingerprint density at radius 3 is 2.50 bits per heavy atom. The number of likely N-dealkylation sites (tertiary alicyclic amines) is 1. The molecule has 2 aliphatic rings. The van der Waals surface area contributed by atoms with Crippen molar-refractivity contribution in [1.29, 1.82) is 0 Å². The van der Waals surface area contributed by atoms with Crippen LogP contribution >= 0.6 is 0 Å². The Hall–Kier alpha value is -1.06. The number of hydrogen-bond acceptors (Lipinski definition) is 3. The number of carbonyl (C=O) groups is 2. The smallest absolute Gasteiger partial charge is 0.417 e. The molecule has 4 nitrogen and oxygen atoms in total. The van der Waals surface area contributed by atoms with E-state index in [1.165, 1.54) is 24.2 Å². The number of hydrogen-bond donors (Lipinski definition) is 0. The summed E-state index contributed by atoms with van der Waals surface area (Å²) in [6.45, 7) is 6.00. The number of imide groups is 1. The Labute approximate surface area is 109 Å². The van der Waals surface area contributed by atoms with Crippen LogP contribution in [0, 0.1) is 11.8 Å². The Morgan fingerprint density at radius 1 is 1.33 bits per heavy atom. The molecule has 0 radical (unpaired) electrons. The van der Waals surface area contributed by atoms with E-state index in [9.17, 15) is 9.59 Å². The molecule has 18 heavy (non-hydrogen) atoms. The number of amides is 2. The van der Waals surface area contributed by atoms with Crippen molar-refractivity contribution in [2.75, 3.05) is 6.54 Å². The standard InChI is InChI=1S/C14H23NO3/c1-14(2,3)18-13(17)15-9-11(8-12(15)16)7-10-5-4-6-10/h10-11H,4-9H2,1-3H3. The van der Waals surface area contributed by atoms with Gasteiger partial charge in [0, 0.05) is 13.0 Å². The average molecular weight is 253 g/mol. The molecule has 0 spiro atoms. The molecule has 0 bridgehead atoms. The normalized spacial score (nSPS) is 25.2. The van der Waals surface area contributed by atoms with Gasteiger partial charge in [-0.05, 0) is 39.0 Å². The molecule has 102 valence electrons. The van der Waals surface area contributed by atoms with Gasteiger partial charge in [0.15, 0.2) is 0 Å². The summed E-state index contributed by atoms with van der Waals surface area (Å²) in [5, 5.41) is 0. The van der Waals surface area contributed by atoms with Crippen LogP contribution in [0.25, 0.3) is 0 Å². The fourth-order valence-electron chi connectivity index (χ4n) is 2.63. The van der Waals surface area contributed by atoms with Crippen molar-refractivity contribution in [3.05, 3.63) is 0 Å². The summed E-state index contributed by atoms with van der Waals surface area (Å²) in [4.78, 5) is 25.0. The molecule has 0 aromatic rings. The third kappa shape index (κ3) is 3.24. The van der Waals surface area contributed by atoms with Crippen molar-refractivity contribution < 1.29 is 14.3 Å². The highest BCUT2D eigenvalue weighted by Crippen LogP contribution is 2.35. The van der Waals surface area contributed by atoms with Gasteiger partial charge in [0.1, 0.15) is 5.60 Å². The molecule has 1 saturated heterocycles. The van der Waals surface area contributed by atoms with E-state index >= 15 is 0 Å². The van der Waals surface area contributed by atoms with Gasteiger partial charge in [-0.1, -0.05) is 19.3 Å². The van der Waals surface area contributed by atoms with E-state index in [1.807, 2.05) is 20.8 Å². The van der Waals surface area contributed by atoms with Crippen LogP contribution in [-0.4, -0.2) is 29.0 Å². The summed E-state index contributed by atoms with van der Waals surface area (Å²) in [5.41, 5.74) is -0.538. The van der Waals surface area contributed by atoms with Crippen molar-refractivity contribution in [2.45, 2.75) is 58.5 Å². The minimum atomic E-state index is -0.538. The highest BCUT2D eigenvalue weighted by Gasteiger charge is 2.37. The van der Waals surface area contributed by atoms with Crippen molar-refractivity contribution >= 4 is 12.0 Å². The first-order chi connectivity index (χ1) is 8.35. The lowest BCUT2D eigenvalue weighted by Gasteiger charge is -2.28. The van der Waals surface area contributed by atoms with E-state index in [0.29, 0.717) is 18.9 Å². The molecule has 1 heterocycles. The predicted octanol–water partition coefficient (Wildman–Crippen LogP) is 2.96. The van der Waals surface area contributed by atoms with Crippen molar-refractivity contribution in [2.24, 2.45) is 11.8 Å². The van der Waals surface area contributed by atoms with Crippen LogP contribution in [0.3, 0.4) is 0 Å². The first kappa shape index (κ1) is 13.4. The zero-order valence-electron chi connectivity index (χ0n) is 11.6. The highest BCUT2D eigenvalue weighted by molar-refractivity contribution is 5.93. The van der Waals surface area contributed by atoms with Gasteiger partial charge < -0.3 is 4.74 Å². The molecule has 1 atom stereocenters. The van der Waals surface area contributed by atoms with Crippen molar-refractivity contribution in [3.8, 4) is 0 Å². The molecular formula is C14H23NO3. The monoisotopic (exact) mass is 253 g/mol. The summed E-state index contributed by atoms with van der Waals surface area (Å²) in [6, 6.07) is 0. The van der Waals surface area contributed by atoms with Gasteiger partial charge in [-0.15, -0.1) is 0 Å². The number of rotatable bonds is 2. The Balaban J connectivity index is 1.86. The fraction of sp³-hybridized carbons (Fsp3) is 0.857. The number of ether oxygens (including phenoxy) is 1. The fourth-order valence-corrected chi connectivity index (χ4v) is 2.63. The molecule has 2 rings (SSSR count). The van der Waals surface area contributed by atoms with Gasteiger partial charge in [-0.25, -0.2) is 9.69 Å². The van der Waals surface area contributed by atoms with Gasteiger partial charge in [0.05, 0.1) is 0 Å². The minimum absolute atomic E-state index is 0.0754. The molecule has 4 heteroatoms. The molecule has 0 aromatic carbocycles. The van der Waals surface area contributed by atoms with Gasteiger partial charge in [-0.3, -0.25) is 4.79 Å². The molecule has 1 aliphatic heterocycles. The average Bonchev–Trinajstić information content (AvgIpc) is 2.51. The molecule has 1 saturated carbocycles. The van der Waals surface area contributed by atoms with Gasteiger partial charge >= 0.3 is 6.09 Å². The molecule has 0 N–H and O–H groups in total. The molecule has 1 aliphatic carbocycles. The van der Waals surface area contributed by atoms with Crippen molar-refractivity contribution in [3.63, 3.8) is 0 Å². The Kier molecular flexibility index (Phi) is 3.64. The van der Waals surface area contributed by atoms with E-state index in [1.54, 1.807) is 0 Å². The lowest BCUT2D eigenvalue weighted by molar-refractivity contribution is -0.127. The van der Waals surface area contributed by atoms with Crippen LogP contribution in [0.15, 0.2) is 0 Å². The van der Waals surface area contributed by atoms with Crippen LogP contribution in [0.1, 0.15) is 52.9 Å². The van der Waals surface area contributed by atoms with E-state index in [2.05, 4.69) is 0 Å². The van der Waals surface area contributed by atoms with Gasteiger partial charge in [0.25, 0.3) is 0 Å². The Bertz CT molecular complexity index is 341. The maximum atomic E-state index is 11.9. The maximum Gasteiger partial charge on any atom is 0.417 e. The van der Waals surface area contributed by atoms with Crippen LogP contribution in [0.2, 0.25) is 0 Å². The van der Waals surface area contributed by atoms with E-state index in [4.69, 9.17) is 4.74 Å². The lowest BCUT2D eigenvalue weighted by atomic mass is 9.79. The SMILES string of the molecule is CC(C)(C)OC(=O)N1CC(CC2CCC2)CC1=O. The highest BCUT2D eigenvalue weighted by atomic mass is 16.6. The Morgan fingerprint density at radius 2 is 2.00 bits per heavy atom. The van der Waals surface area contributed by atoms with E-state index in [-0.39, 0.29) is 5.91 Å². The molecule has 2 amide bonds. The van der Waals surface area contributed by atoms with Gasteiger partial charge in [0.2, 0.25) is 5.91 Å². The third-order valence-corrected chi connectivity index (χ3v) is 3.71. The second-order valence-corrected chi connectivity index (χ2v) is 6.59. The van der Waals surface area contributed by atoms with Crippen molar-refractivity contribution in [1.82, 2.24) is 4.90 Å². The first-order valence-electron chi connectivity index (χ1n) is 6.88. The maximum absolute atomic E-state index is 11.9. The summed E-state index contributed by atoms with van der Waals surface area (Å²) >= 11 is 0. The second-order valence-electron chi connectivity index (χ2n) is 6.59. The molecular weight excluding hydrogens is 230 g/mol. The number of carbonyl (C=O) groups excluding carboxylic acids is 2. The van der Waals surface area contributed by atoms with Crippen LogP contribution in [0.4, 0.5) is 4.79 Å². The number of nitrogens with zero attached hydrogens (tertiary/aromatic N) is 1. The summed E-state index contributed by atoms with van der Waals surface area (Å²) < 4.78 is 5.25. The summed E-state index contributed by atoms with van der Waals surface area (Å²) in [6.07, 6.45) is 5.01. The predicted molar refractivity (Wildman–Crippen MR) is 68.0 cm³/mol. The van der Waals surface area contributed by atoms with E-state index < -0.39 is 11.7 Å². The second kappa shape index (κ2) is 4.90. The first-order valence-corrected chi connectivity index (χ1v) is 6.88. The van der Waals surface area contributed by atoms with E-state index in [0.717, 1.165) is 12.3 Å². The minimum Gasteiger partial charge on any atom is -0.443 e.